The number of benzene rings is 1. The van der Waals surface area contributed by atoms with Gasteiger partial charge in [0.1, 0.15) is 5.69 Å². The molecule has 0 radical (unpaired) electrons. The lowest BCUT2D eigenvalue weighted by atomic mass is 10.1. The van der Waals surface area contributed by atoms with E-state index in [1.54, 1.807) is 12.1 Å². The fourth-order valence-electron chi connectivity index (χ4n) is 2.19. The van der Waals surface area contributed by atoms with Crippen molar-refractivity contribution >= 4 is 10.9 Å². The van der Waals surface area contributed by atoms with E-state index in [1.165, 1.54) is 6.07 Å². The predicted molar refractivity (Wildman–Crippen MR) is 77.5 cm³/mol. The quantitative estimate of drug-likeness (QED) is 0.740. The van der Waals surface area contributed by atoms with Gasteiger partial charge in [-0.05, 0) is 30.7 Å². The van der Waals surface area contributed by atoms with Crippen LogP contribution in [-0.4, -0.2) is 9.97 Å². The third kappa shape index (κ3) is 2.59. The molecule has 0 aliphatic heterocycles. The van der Waals surface area contributed by atoms with Crippen LogP contribution in [0, 0.1) is 6.92 Å². The van der Waals surface area contributed by atoms with Crippen LogP contribution in [0.3, 0.4) is 0 Å². The number of H-pyrrole nitrogens is 1. The molecule has 1 aromatic carbocycles. The Bertz CT molecular complexity index is 896. The fourth-order valence-corrected chi connectivity index (χ4v) is 2.19. The van der Waals surface area contributed by atoms with Crippen LogP contribution in [0.5, 0.6) is 0 Å². The molecule has 0 saturated heterocycles. The van der Waals surface area contributed by atoms with Crippen LogP contribution in [0.15, 0.2) is 47.3 Å². The second kappa shape index (κ2) is 4.98. The zero-order chi connectivity index (χ0) is 15.9. The lowest BCUT2D eigenvalue weighted by Gasteiger charge is -2.08. The molecule has 0 aliphatic rings. The number of fused-ring (bicyclic) bond motifs is 1. The van der Waals surface area contributed by atoms with Gasteiger partial charge in [0.15, 0.2) is 0 Å². The first-order valence-electron chi connectivity index (χ1n) is 6.53. The molecule has 2 aromatic heterocycles. The maximum Gasteiger partial charge on any atom is 0.433 e. The molecule has 0 saturated carbocycles. The van der Waals surface area contributed by atoms with E-state index >= 15 is 0 Å². The molecule has 3 rings (SSSR count). The summed E-state index contributed by atoms with van der Waals surface area (Å²) in [5.41, 5.74) is 0.737. The maximum atomic E-state index is 12.7. The number of hydrogen-bond acceptors (Lipinski definition) is 2. The first-order chi connectivity index (χ1) is 10.3. The van der Waals surface area contributed by atoms with Gasteiger partial charge in [-0.15, -0.1) is 0 Å². The number of aromatic amines is 1. The molecule has 0 bridgehead atoms. The Morgan fingerprint density at radius 3 is 2.36 bits per heavy atom. The summed E-state index contributed by atoms with van der Waals surface area (Å²) in [6, 6.07) is 10.7. The van der Waals surface area contributed by atoms with Gasteiger partial charge in [0.25, 0.3) is 5.56 Å². The van der Waals surface area contributed by atoms with Crippen molar-refractivity contribution in [3.63, 3.8) is 0 Å². The molecule has 0 atom stereocenters. The van der Waals surface area contributed by atoms with Crippen molar-refractivity contribution in [1.29, 1.82) is 0 Å². The Hall–Kier alpha value is -2.63. The number of aryl methyl sites for hydroxylation is 1. The summed E-state index contributed by atoms with van der Waals surface area (Å²) in [6.07, 6.45) is -4.54. The van der Waals surface area contributed by atoms with Crippen LogP contribution in [0.25, 0.3) is 22.2 Å². The third-order valence-corrected chi connectivity index (χ3v) is 3.35. The van der Waals surface area contributed by atoms with Gasteiger partial charge in [-0.25, -0.2) is 4.98 Å². The largest absolute Gasteiger partial charge is 0.433 e. The number of hydrogen-bond donors (Lipinski definition) is 1. The molecule has 112 valence electrons. The van der Waals surface area contributed by atoms with E-state index in [0.717, 1.165) is 17.7 Å². The van der Waals surface area contributed by atoms with Crippen LogP contribution in [0.4, 0.5) is 13.2 Å². The normalized spacial score (nSPS) is 11.8. The van der Waals surface area contributed by atoms with E-state index in [2.05, 4.69) is 9.97 Å². The Balaban J connectivity index is 2.21. The van der Waals surface area contributed by atoms with Gasteiger partial charge < -0.3 is 4.98 Å². The smallest absolute Gasteiger partial charge is 0.321 e. The number of pyridine rings is 2. The molecule has 22 heavy (non-hydrogen) atoms. The minimum absolute atomic E-state index is 0.0224. The summed E-state index contributed by atoms with van der Waals surface area (Å²) in [6.45, 7) is 1.92. The number of nitrogens with one attached hydrogen (secondary N) is 1. The number of aromatic nitrogens is 2. The molecule has 2 heterocycles. The SMILES string of the molecule is Cc1ccc(-c2cc3nc(C(F)(F)F)ccc3c(=O)[nH]2)cc1. The van der Waals surface area contributed by atoms with Crippen molar-refractivity contribution in [2.24, 2.45) is 0 Å². The standard InChI is InChI=1S/C16H11F3N2O/c1-9-2-4-10(5-3-9)12-8-13-11(15(22)21-12)6-7-14(20-13)16(17,18)19/h2-8H,1H3,(H,21,22). The van der Waals surface area contributed by atoms with Crippen LogP contribution < -0.4 is 5.56 Å². The van der Waals surface area contributed by atoms with Gasteiger partial charge in [-0.2, -0.15) is 13.2 Å². The predicted octanol–water partition coefficient (Wildman–Crippen LogP) is 3.92. The van der Waals surface area contributed by atoms with E-state index < -0.39 is 17.4 Å². The highest BCUT2D eigenvalue weighted by Gasteiger charge is 2.32. The molecule has 6 heteroatoms. The highest BCUT2D eigenvalue weighted by molar-refractivity contribution is 5.81. The topological polar surface area (TPSA) is 45.8 Å². The Kier molecular flexibility index (Phi) is 3.24. The second-order valence-corrected chi connectivity index (χ2v) is 5.01. The molecule has 3 nitrogen and oxygen atoms in total. The van der Waals surface area contributed by atoms with Crippen LogP contribution in [0.1, 0.15) is 11.3 Å². The number of alkyl halides is 3. The number of rotatable bonds is 1. The van der Waals surface area contributed by atoms with E-state index in [0.29, 0.717) is 11.3 Å². The number of halogens is 3. The highest BCUT2D eigenvalue weighted by atomic mass is 19.4. The van der Waals surface area contributed by atoms with Crippen LogP contribution >= 0.6 is 0 Å². The summed E-state index contributed by atoms with van der Waals surface area (Å²) < 4.78 is 38.2. The second-order valence-electron chi connectivity index (χ2n) is 5.01. The Labute approximate surface area is 123 Å². The van der Waals surface area contributed by atoms with Gasteiger partial charge in [0.2, 0.25) is 0 Å². The van der Waals surface area contributed by atoms with Crippen LogP contribution in [-0.2, 0) is 6.18 Å². The average Bonchev–Trinajstić information content (AvgIpc) is 2.46. The minimum atomic E-state index is -4.54. The molecular weight excluding hydrogens is 293 g/mol. The number of nitrogens with zero attached hydrogens (tertiary/aromatic N) is 1. The summed E-state index contributed by atoms with van der Waals surface area (Å²) in [7, 11) is 0. The lowest BCUT2D eigenvalue weighted by molar-refractivity contribution is -0.140. The lowest BCUT2D eigenvalue weighted by Crippen LogP contribution is -2.12. The van der Waals surface area contributed by atoms with E-state index in [1.807, 2.05) is 19.1 Å². The van der Waals surface area contributed by atoms with Gasteiger partial charge in [-0.1, -0.05) is 29.8 Å². The highest BCUT2D eigenvalue weighted by Crippen LogP contribution is 2.29. The Morgan fingerprint density at radius 2 is 1.73 bits per heavy atom. The van der Waals surface area contributed by atoms with E-state index in [-0.39, 0.29) is 10.9 Å². The first-order valence-corrected chi connectivity index (χ1v) is 6.53. The van der Waals surface area contributed by atoms with Gasteiger partial charge in [0, 0.05) is 0 Å². The van der Waals surface area contributed by atoms with Gasteiger partial charge in [0.05, 0.1) is 16.6 Å². The molecule has 1 N–H and O–H groups in total. The molecule has 0 unspecified atom stereocenters. The zero-order valence-electron chi connectivity index (χ0n) is 11.5. The summed E-state index contributed by atoms with van der Waals surface area (Å²) >= 11 is 0. The van der Waals surface area contributed by atoms with E-state index in [9.17, 15) is 18.0 Å². The Morgan fingerprint density at radius 1 is 1.05 bits per heavy atom. The van der Waals surface area contributed by atoms with E-state index in [4.69, 9.17) is 0 Å². The van der Waals surface area contributed by atoms with Crippen molar-refractivity contribution in [1.82, 2.24) is 9.97 Å². The third-order valence-electron chi connectivity index (χ3n) is 3.35. The maximum absolute atomic E-state index is 12.7. The summed E-state index contributed by atoms with van der Waals surface area (Å²) in [4.78, 5) is 18.3. The fraction of sp³-hybridized carbons (Fsp3) is 0.125. The minimum Gasteiger partial charge on any atom is -0.321 e. The first kappa shape index (κ1) is 14.3. The summed E-state index contributed by atoms with van der Waals surface area (Å²) in [5.74, 6) is 0. The molecule has 0 amide bonds. The van der Waals surface area contributed by atoms with Crippen LogP contribution in [0.2, 0.25) is 0 Å². The molecule has 0 aliphatic carbocycles. The average molecular weight is 304 g/mol. The zero-order valence-corrected chi connectivity index (χ0v) is 11.5. The van der Waals surface area contributed by atoms with Crippen molar-refractivity contribution in [3.05, 3.63) is 64.1 Å². The van der Waals surface area contributed by atoms with Gasteiger partial charge in [-0.3, -0.25) is 4.79 Å². The molecule has 0 spiro atoms. The van der Waals surface area contributed by atoms with Crippen molar-refractivity contribution in [3.8, 4) is 11.3 Å². The van der Waals surface area contributed by atoms with Crippen molar-refractivity contribution in [2.75, 3.05) is 0 Å². The molecular formula is C16H11F3N2O. The summed E-state index contributed by atoms with van der Waals surface area (Å²) in [5, 5.41) is 0.129. The van der Waals surface area contributed by atoms with Crippen molar-refractivity contribution < 1.29 is 13.2 Å². The molecule has 0 fully saturated rings. The van der Waals surface area contributed by atoms with Gasteiger partial charge >= 0.3 is 6.18 Å². The molecule has 3 aromatic rings. The monoisotopic (exact) mass is 304 g/mol. The van der Waals surface area contributed by atoms with Crippen molar-refractivity contribution in [2.45, 2.75) is 13.1 Å².